The quantitative estimate of drug-likeness (QED) is 0.577. The predicted octanol–water partition coefficient (Wildman–Crippen LogP) is 4.39. The van der Waals surface area contributed by atoms with E-state index in [2.05, 4.69) is 63.3 Å². The fourth-order valence-corrected chi connectivity index (χ4v) is 3.75. The van der Waals surface area contributed by atoms with Gasteiger partial charge in [-0.25, -0.2) is 5.43 Å². The second-order valence-corrected chi connectivity index (χ2v) is 6.76. The average Bonchev–Trinajstić information content (AvgIpc) is 2.43. The van der Waals surface area contributed by atoms with Crippen molar-refractivity contribution in [3.8, 4) is 5.75 Å². The molecule has 0 saturated heterocycles. The van der Waals surface area contributed by atoms with Gasteiger partial charge in [-0.1, -0.05) is 44.0 Å². The molecule has 0 radical (unpaired) electrons. The fourth-order valence-electron chi connectivity index (χ4n) is 2.42. The van der Waals surface area contributed by atoms with Crippen molar-refractivity contribution in [2.75, 3.05) is 7.11 Å². The Morgan fingerprint density at radius 1 is 1.10 bits per heavy atom. The van der Waals surface area contributed by atoms with Crippen LogP contribution in [-0.2, 0) is 0 Å². The van der Waals surface area contributed by atoms with Gasteiger partial charge >= 0.3 is 0 Å². The van der Waals surface area contributed by atoms with Crippen molar-refractivity contribution in [3.63, 3.8) is 0 Å². The van der Waals surface area contributed by atoms with E-state index in [0.29, 0.717) is 0 Å². The van der Waals surface area contributed by atoms with Gasteiger partial charge in [0.2, 0.25) is 0 Å². The highest BCUT2D eigenvalue weighted by Gasteiger charge is 2.20. The van der Waals surface area contributed by atoms with Crippen LogP contribution in [0.2, 0.25) is 0 Å². The zero-order chi connectivity index (χ0) is 15.6. The molecule has 0 amide bonds. The molecule has 1 atom stereocenters. The molecule has 0 aliphatic carbocycles. The largest absolute Gasteiger partial charge is 0.496 e. The highest BCUT2D eigenvalue weighted by Crippen LogP contribution is 2.35. The van der Waals surface area contributed by atoms with Crippen molar-refractivity contribution in [2.24, 2.45) is 5.84 Å². The first-order chi connectivity index (χ1) is 9.97. The van der Waals surface area contributed by atoms with Crippen LogP contribution in [-0.4, -0.2) is 7.11 Å². The maximum Gasteiger partial charge on any atom is 0.127 e. The molecule has 2 aromatic rings. The Balaban J connectivity index is 2.59. The molecule has 0 aliphatic heterocycles. The minimum absolute atomic E-state index is 0.145. The summed E-state index contributed by atoms with van der Waals surface area (Å²) in [6.07, 6.45) is 0. The smallest absolute Gasteiger partial charge is 0.127 e. The monoisotopic (exact) mass is 412 g/mol. The third-order valence-corrected chi connectivity index (χ3v) is 4.52. The van der Waals surface area contributed by atoms with Gasteiger partial charge in [0.25, 0.3) is 0 Å². The number of nitrogens with two attached hydrogens (primary N) is 1. The summed E-state index contributed by atoms with van der Waals surface area (Å²) in [5.74, 6) is 6.68. The van der Waals surface area contributed by atoms with E-state index >= 15 is 0 Å². The number of methoxy groups -OCH3 is 1. The van der Waals surface area contributed by atoms with E-state index in [4.69, 9.17) is 10.6 Å². The number of halogens is 2. The van der Waals surface area contributed by atoms with E-state index in [-0.39, 0.29) is 6.04 Å². The molecule has 21 heavy (non-hydrogen) atoms. The molecule has 0 bridgehead atoms. The van der Waals surface area contributed by atoms with Gasteiger partial charge in [0.05, 0.1) is 13.2 Å². The minimum atomic E-state index is -0.145. The number of hydrogen-bond acceptors (Lipinski definition) is 3. The molecule has 0 spiro atoms. The first-order valence-electron chi connectivity index (χ1n) is 6.54. The minimum Gasteiger partial charge on any atom is -0.496 e. The molecule has 3 N–H and O–H groups in total. The fraction of sp³-hybridized carbons (Fsp3) is 0.250. The van der Waals surface area contributed by atoms with Crippen LogP contribution < -0.4 is 16.0 Å². The molecule has 0 heterocycles. The molecule has 2 rings (SSSR count). The second kappa shape index (κ2) is 6.92. The Hall–Kier alpha value is -0.880. The Morgan fingerprint density at radius 3 is 2.24 bits per heavy atom. The molecular formula is C16H18Br2N2O. The lowest BCUT2D eigenvalue weighted by Gasteiger charge is -2.22. The second-order valence-electron chi connectivity index (χ2n) is 4.93. The Bertz CT molecular complexity index is 639. The molecular weight excluding hydrogens is 396 g/mol. The third kappa shape index (κ3) is 3.48. The van der Waals surface area contributed by atoms with Crippen LogP contribution in [0.25, 0.3) is 0 Å². The van der Waals surface area contributed by atoms with Crippen molar-refractivity contribution in [2.45, 2.75) is 19.9 Å². The third-order valence-electron chi connectivity index (χ3n) is 3.61. The van der Waals surface area contributed by atoms with Crippen LogP contribution in [0.1, 0.15) is 28.3 Å². The average molecular weight is 414 g/mol. The van der Waals surface area contributed by atoms with E-state index < -0.39 is 0 Å². The van der Waals surface area contributed by atoms with Crippen LogP contribution in [0.3, 0.4) is 0 Å². The van der Waals surface area contributed by atoms with Crippen LogP contribution in [0.5, 0.6) is 5.75 Å². The van der Waals surface area contributed by atoms with Crippen molar-refractivity contribution in [1.82, 2.24) is 5.43 Å². The van der Waals surface area contributed by atoms with Gasteiger partial charge in [0, 0.05) is 14.5 Å². The highest BCUT2D eigenvalue weighted by atomic mass is 79.9. The summed E-state index contributed by atoms with van der Waals surface area (Å²) in [5.41, 5.74) is 7.29. The van der Waals surface area contributed by atoms with Crippen molar-refractivity contribution in [3.05, 3.63) is 61.5 Å². The number of rotatable bonds is 4. The molecule has 112 valence electrons. The van der Waals surface area contributed by atoms with Gasteiger partial charge in [-0.05, 0) is 48.7 Å². The molecule has 0 aromatic heterocycles. The maximum absolute atomic E-state index is 5.81. The summed E-state index contributed by atoms with van der Waals surface area (Å²) in [6.45, 7) is 4.13. The summed E-state index contributed by atoms with van der Waals surface area (Å²) in [5, 5.41) is 0. The van der Waals surface area contributed by atoms with Crippen molar-refractivity contribution in [1.29, 1.82) is 0 Å². The van der Waals surface area contributed by atoms with Gasteiger partial charge in [-0.2, -0.15) is 0 Å². The van der Waals surface area contributed by atoms with E-state index in [1.165, 1.54) is 5.56 Å². The SMILES string of the molecule is COc1c(C(NN)c2cc(Br)cc(Br)c2)ccc(C)c1C. The lowest BCUT2D eigenvalue weighted by atomic mass is 9.94. The summed E-state index contributed by atoms with van der Waals surface area (Å²) in [7, 11) is 1.69. The summed E-state index contributed by atoms with van der Waals surface area (Å²) < 4.78 is 7.59. The van der Waals surface area contributed by atoms with Crippen LogP contribution in [0, 0.1) is 13.8 Å². The molecule has 2 aromatic carbocycles. The number of aryl methyl sites for hydroxylation is 1. The van der Waals surface area contributed by atoms with Crippen LogP contribution in [0.4, 0.5) is 0 Å². The highest BCUT2D eigenvalue weighted by molar-refractivity contribution is 9.11. The number of ether oxygens (including phenoxy) is 1. The topological polar surface area (TPSA) is 47.3 Å². The molecule has 3 nitrogen and oxygen atoms in total. The molecule has 1 unspecified atom stereocenters. The molecule has 0 fully saturated rings. The maximum atomic E-state index is 5.81. The predicted molar refractivity (Wildman–Crippen MR) is 93.5 cm³/mol. The first-order valence-corrected chi connectivity index (χ1v) is 8.12. The van der Waals surface area contributed by atoms with Crippen LogP contribution in [0.15, 0.2) is 39.3 Å². The van der Waals surface area contributed by atoms with E-state index in [0.717, 1.165) is 31.4 Å². The summed E-state index contributed by atoms with van der Waals surface area (Å²) in [4.78, 5) is 0. The lowest BCUT2D eigenvalue weighted by molar-refractivity contribution is 0.400. The summed E-state index contributed by atoms with van der Waals surface area (Å²) in [6, 6.07) is 10.1. The summed E-state index contributed by atoms with van der Waals surface area (Å²) >= 11 is 7.03. The zero-order valence-electron chi connectivity index (χ0n) is 12.2. The Morgan fingerprint density at radius 2 is 1.71 bits per heavy atom. The number of hydrazine groups is 1. The van der Waals surface area contributed by atoms with E-state index in [9.17, 15) is 0 Å². The standard InChI is InChI=1S/C16H18Br2N2O/c1-9-4-5-14(16(21-3)10(9)2)15(20-19)11-6-12(17)8-13(18)7-11/h4-8,15,20H,19H2,1-3H3. The van der Waals surface area contributed by atoms with E-state index in [1.807, 2.05) is 18.2 Å². The Labute approximate surface area is 142 Å². The number of benzene rings is 2. The normalized spacial score (nSPS) is 12.3. The molecule has 5 heteroatoms. The van der Waals surface area contributed by atoms with Gasteiger partial charge in [0.1, 0.15) is 5.75 Å². The van der Waals surface area contributed by atoms with E-state index in [1.54, 1.807) is 7.11 Å². The van der Waals surface area contributed by atoms with Crippen molar-refractivity contribution >= 4 is 31.9 Å². The Kier molecular flexibility index (Phi) is 5.43. The number of nitrogens with one attached hydrogen (secondary N) is 1. The van der Waals surface area contributed by atoms with Gasteiger partial charge in [0.15, 0.2) is 0 Å². The lowest BCUT2D eigenvalue weighted by Crippen LogP contribution is -2.29. The van der Waals surface area contributed by atoms with Gasteiger partial charge < -0.3 is 4.74 Å². The molecule has 0 aliphatic rings. The van der Waals surface area contributed by atoms with Crippen molar-refractivity contribution < 1.29 is 4.74 Å². The zero-order valence-corrected chi connectivity index (χ0v) is 15.4. The van der Waals surface area contributed by atoms with Gasteiger partial charge in [-0.15, -0.1) is 0 Å². The van der Waals surface area contributed by atoms with Crippen LogP contribution >= 0.6 is 31.9 Å². The van der Waals surface area contributed by atoms with Gasteiger partial charge in [-0.3, -0.25) is 5.84 Å². The first kappa shape index (κ1) is 16.5. The number of hydrogen-bond donors (Lipinski definition) is 2. The molecule has 0 saturated carbocycles.